The Morgan fingerprint density at radius 3 is 2.46 bits per heavy atom. The van der Waals surface area contributed by atoms with Crippen LogP contribution in [0.4, 0.5) is 11.8 Å². The number of piperidine rings is 1. The monoisotopic (exact) mass is 377 g/mol. The molecule has 0 saturated carbocycles. The van der Waals surface area contributed by atoms with Crippen molar-refractivity contribution in [2.24, 2.45) is 0 Å². The third-order valence-corrected chi connectivity index (χ3v) is 6.81. The second-order valence-electron chi connectivity index (χ2n) is 7.55. The van der Waals surface area contributed by atoms with Gasteiger partial charge in [-0.25, -0.2) is 13.4 Å². The molecule has 1 aromatic rings. The lowest BCUT2D eigenvalue weighted by molar-refractivity contribution is 0.400. The first-order chi connectivity index (χ1) is 12.5. The van der Waals surface area contributed by atoms with Gasteiger partial charge in [0.1, 0.15) is 5.82 Å². The average Bonchev–Trinajstić information content (AvgIpc) is 3.25. The summed E-state index contributed by atoms with van der Waals surface area (Å²) in [6.07, 6.45) is 6.20. The number of hydrogen-bond donors (Lipinski definition) is 1. The zero-order valence-electron chi connectivity index (χ0n) is 15.3. The predicted molar refractivity (Wildman–Crippen MR) is 103 cm³/mol. The van der Waals surface area contributed by atoms with Crippen LogP contribution in [0.15, 0.2) is 17.6 Å². The number of sulfone groups is 1. The van der Waals surface area contributed by atoms with E-state index in [0.717, 1.165) is 56.5 Å². The fourth-order valence-electron chi connectivity index (χ4n) is 4.01. The van der Waals surface area contributed by atoms with E-state index in [9.17, 15) is 8.42 Å². The van der Waals surface area contributed by atoms with Crippen molar-refractivity contribution in [3.8, 4) is 0 Å². The first-order valence-corrected chi connectivity index (χ1v) is 11.2. The first kappa shape index (κ1) is 17.7. The molecular weight excluding hydrogens is 350 g/mol. The summed E-state index contributed by atoms with van der Waals surface area (Å²) in [5.74, 6) is 2.07. The van der Waals surface area contributed by atoms with E-state index in [1.807, 2.05) is 6.92 Å². The van der Waals surface area contributed by atoms with Gasteiger partial charge in [0, 0.05) is 55.4 Å². The lowest BCUT2D eigenvalue weighted by Crippen LogP contribution is -2.46. The van der Waals surface area contributed by atoms with Gasteiger partial charge in [0.05, 0.1) is 5.75 Å². The molecule has 4 rings (SSSR count). The maximum absolute atomic E-state index is 11.5. The molecule has 0 radical (unpaired) electrons. The largest absolute Gasteiger partial charge is 0.356 e. The molecule has 4 heterocycles. The van der Waals surface area contributed by atoms with Crippen molar-refractivity contribution >= 4 is 21.6 Å². The smallest absolute Gasteiger partial charge is 0.227 e. The van der Waals surface area contributed by atoms with E-state index in [2.05, 4.69) is 26.2 Å². The molecule has 2 fully saturated rings. The van der Waals surface area contributed by atoms with E-state index in [-0.39, 0.29) is 11.8 Å². The van der Waals surface area contributed by atoms with Gasteiger partial charge in [0.25, 0.3) is 0 Å². The number of nitrogens with one attached hydrogen (secondary N) is 1. The fourth-order valence-corrected chi connectivity index (χ4v) is 5.26. The van der Waals surface area contributed by atoms with Crippen molar-refractivity contribution in [3.05, 3.63) is 23.2 Å². The fraction of sp³-hybridized carbons (Fsp3) is 0.667. The van der Waals surface area contributed by atoms with Crippen molar-refractivity contribution in [3.63, 3.8) is 0 Å². The number of aromatic nitrogens is 2. The summed E-state index contributed by atoms with van der Waals surface area (Å²) in [5, 5.41) is 4.82. The highest BCUT2D eigenvalue weighted by Gasteiger charge is 2.27. The van der Waals surface area contributed by atoms with Crippen molar-refractivity contribution in [2.75, 3.05) is 41.7 Å². The maximum Gasteiger partial charge on any atom is 0.227 e. The summed E-state index contributed by atoms with van der Waals surface area (Å²) in [4.78, 5) is 14.0. The van der Waals surface area contributed by atoms with E-state index < -0.39 is 9.84 Å². The Hall–Kier alpha value is -1.67. The standard InChI is InChI=1S/C18H27N5O2S/c1-14-12-17(21-18(19-14)23-7-2-3-8-23)22-9-4-15(5-10-22)20-16-6-11-26(24,25)13-16/h6,11-12,15-16,20H,2-5,7-10,13H2,1H3/t16-/m1/s1. The van der Waals surface area contributed by atoms with Gasteiger partial charge in [-0.1, -0.05) is 6.08 Å². The summed E-state index contributed by atoms with van der Waals surface area (Å²) in [6.45, 7) is 5.98. The lowest BCUT2D eigenvalue weighted by atomic mass is 10.0. The van der Waals surface area contributed by atoms with Crippen LogP contribution in [0.1, 0.15) is 31.4 Å². The second kappa shape index (κ2) is 7.15. The normalized spacial score (nSPS) is 26.0. The Bertz CT molecular complexity index is 781. The zero-order valence-corrected chi connectivity index (χ0v) is 16.1. The molecule has 2 saturated heterocycles. The molecule has 1 aromatic heterocycles. The summed E-state index contributed by atoms with van der Waals surface area (Å²) in [7, 11) is -2.99. The van der Waals surface area contributed by atoms with E-state index in [4.69, 9.17) is 4.98 Å². The molecule has 0 aliphatic carbocycles. The minimum absolute atomic E-state index is 0.0420. The van der Waals surface area contributed by atoms with Crippen LogP contribution in [0.2, 0.25) is 0 Å². The van der Waals surface area contributed by atoms with Crippen molar-refractivity contribution < 1.29 is 8.42 Å². The zero-order chi connectivity index (χ0) is 18.1. The van der Waals surface area contributed by atoms with Gasteiger partial charge in [0.2, 0.25) is 5.95 Å². The molecule has 0 unspecified atom stereocenters. The molecular formula is C18H27N5O2S. The highest BCUT2D eigenvalue weighted by atomic mass is 32.2. The van der Waals surface area contributed by atoms with Crippen LogP contribution in [0, 0.1) is 6.92 Å². The first-order valence-electron chi connectivity index (χ1n) is 9.51. The Balaban J connectivity index is 1.36. The van der Waals surface area contributed by atoms with Gasteiger partial charge < -0.3 is 15.1 Å². The molecule has 8 heteroatoms. The summed E-state index contributed by atoms with van der Waals surface area (Å²) in [6, 6.07) is 2.38. The molecule has 0 spiro atoms. The molecule has 3 aliphatic heterocycles. The number of rotatable bonds is 4. The van der Waals surface area contributed by atoms with Gasteiger partial charge in [-0.2, -0.15) is 4.98 Å². The SMILES string of the molecule is Cc1cc(N2CCC(N[C@@H]3C=CS(=O)(=O)C3)CC2)nc(N2CCCC2)n1. The summed E-state index contributed by atoms with van der Waals surface area (Å²) < 4.78 is 23.1. The van der Waals surface area contributed by atoms with E-state index in [0.29, 0.717) is 6.04 Å². The molecule has 7 nitrogen and oxygen atoms in total. The van der Waals surface area contributed by atoms with E-state index in [1.165, 1.54) is 18.2 Å². The van der Waals surface area contributed by atoms with Crippen LogP contribution < -0.4 is 15.1 Å². The number of nitrogens with zero attached hydrogens (tertiary/aromatic N) is 4. The van der Waals surface area contributed by atoms with Crippen LogP contribution in [0.25, 0.3) is 0 Å². The maximum atomic E-state index is 11.5. The van der Waals surface area contributed by atoms with Gasteiger partial charge >= 0.3 is 0 Å². The van der Waals surface area contributed by atoms with Gasteiger partial charge in [-0.3, -0.25) is 0 Å². The number of anilines is 2. The van der Waals surface area contributed by atoms with Crippen LogP contribution >= 0.6 is 0 Å². The third kappa shape index (κ3) is 4.01. The van der Waals surface area contributed by atoms with Crippen molar-refractivity contribution in [1.82, 2.24) is 15.3 Å². The lowest BCUT2D eigenvalue weighted by Gasteiger charge is -2.34. The third-order valence-electron chi connectivity index (χ3n) is 5.42. The van der Waals surface area contributed by atoms with Crippen LogP contribution in [0.3, 0.4) is 0 Å². The molecule has 3 aliphatic rings. The Morgan fingerprint density at radius 1 is 1.08 bits per heavy atom. The van der Waals surface area contributed by atoms with Gasteiger partial charge in [0.15, 0.2) is 9.84 Å². The highest BCUT2D eigenvalue weighted by Crippen LogP contribution is 2.24. The van der Waals surface area contributed by atoms with Crippen molar-refractivity contribution in [1.29, 1.82) is 0 Å². The van der Waals surface area contributed by atoms with Crippen LogP contribution in [-0.2, 0) is 9.84 Å². The van der Waals surface area contributed by atoms with Crippen LogP contribution in [0.5, 0.6) is 0 Å². The molecule has 26 heavy (non-hydrogen) atoms. The average molecular weight is 378 g/mol. The molecule has 1 N–H and O–H groups in total. The topological polar surface area (TPSA) is 78.4 Å². The minimum Gasteiger partial charge on any atom is -0.356 e. The van der Waals surface area contributed by atoms with E-state index in [1.54, 1.807) is 6.08 Å². The molecule has 0 aromatic carbocycles. The van der Waals surface area contributed by atoms with Crippen LogP contribution in [-0.4, -0.2) is 62.4 Å². The highest BCUT2D eigenvalue weighted by molar-refractivity contribution is 7.94. The number of hydrogen-bond acceptors (Lipinski definition) is 7. The summed E-state index contributed by atoms with van der Waals surface area (Å²) >= 11 is 0. The summed E-state index contributed by atoms with van der Waals surface area (Å²) in [5.41, 5.74) is 1.01. The van der Waals surface area contributed by atoms with Crippen molar-refractivity contribution in [2.45, 2.75) is 44.7 Å². The Kier molecular flexibility index (Phi) is 4.88. The molecule has 1 atom stereocenters. The minimum atomic E-state index is -2.99. The molecule has 0 bridgehead atoms. The molecule has 0 amide bonds. The number of aryl methyl sites for hydroxylation is 1. The Labute approximate surface area is 155 Å². The van der Waals surface area contributed by atoms with Gasteiger partial charge in [-0.05, 0) is 32.6 Å². The second-order valence-corrected chi connectivity index (χ2v) is 9.49. The van der Waals surface area contributed by atoms with Gasteiger partial charge in [-0.15, -0.1) is 0 Å². The van der Waals surface area contributed by atoms with E-state index >= 15 is 0 Å². The molecule has 142 valence electrons. The Morgan fingerprint density at radius 2 is 1.81 bits per heavy atom. The predicted octanol–water partition coefficient (Wildman–Crippen LogP) is 1.25. The quantitative estimate of drug-likeness (QED) is 0.846.